The van der Waals surface area contributed by atoms with E-state index in [-0.39, 0.29) is 17.4 Å². The van der Waals surface area contributed by atoms with Crippen molar-refractivity contribution in [2.75, 3.05) is 11.9 Å². The number of carbonyl (C=O) groups excluding carboxylic acids is 1. The zero-order valence-corrected chi connectivity index (χ0v) is 17.2. The number of hydrazone groups is 1. The van der Waals surface area contributed by atoms with E-state index in [1.165, 1.54) is 11.1 Å². The smallest absolute Gasteiger partial charge is 0.278 e. The Balaban J connectivity index is 1.82. The highest BCUT2D eigenvalue weighted by Gasteiger charge is 2.34. The van der Waals surface area contributed by atoms with Crippen LogP contribution < -0.4 is 10.1 Å². The molecule has 1 atom stereocenters. The van der Waals surface area contributed by atoms with E-state index in [1.807, 2.05) is 19.1 Å². The maximum absolute atomic E-state index is 13.4. The fourth-order valence-corrected chi connectivity index (χ4v) is 3.54. The topological polar surface area (TPSA) is 94.4 Å². The standard InChI is InChI=1S/C24H23N3O4/c1-3-31-22-14-16(12-13-21(22)29)23-25-19-10-6-4-9-18(19)24(30)27(23)26-15(2)17-8-5-7-11-20(17)28/h4-14,23,25,28-29H,3H2,1-2H3/b26-15-/t23-/m1/s1. The first-order chi connectivity index (χ1) is 15.0. The zero-order valence-electron chi connectivity index (χ0n) is 17.2. The van der Waals surface area contributed by atoms with Crippen LogP contribution in [-0.2, 0) is 0 Å². The third kappa shape index (κ3) is 3.90. The number of hydrogen-bond acceptors (Lipinski definition) is 6. The lowest BCUT2D eigenvalue weighted by Crippen LogP contribution is -2.40. The van der Waals surface area contributed by atoms with Gasteiger partial charge in [-0.1, -0.05) is 30.3 Å². The fourth-order valence-electron chi connectivity index (χ4n) is 3.54. The first kappa shape index (κ1) is 20.3. The van der Waals surface area contributed by atoms with E-state index in [1.54, 1.807) is 55.5 Å². The molecule has 3 N–H and O–H groups in total. The van der Waals surface area contributed by atoms with Crippen LogP contribution >= 0.6 is 0 Å². The van der Waals surface area contributed by atoms with Crippen LogP contribution in [0.3, 0.4) is 0 Å². The molecule has 1 aliphatic heterocycles. The summed E-state index contributed by atoms with van der Waals surface area (Å²) >= 11 is 0. The van der Waals surface area contributed by atoms with Gasteiger partial charge in [0.25, 0.3) is 5.91 Å². The molecule has 0 saturated heterocycles. The third-order valence-electron chi connectivity index (χ3n) is 5.05. The van der Waals surface area contributed by atoms with Gasteiger partial charge in [0, 0.05) is 16.8 Å². The molecule has 0 saturated carbocycles. The van der Waals surface area contributed by atoms with Crippen molar-refractivity contribution < 1.29 is 19.7 Å². The monoisotopic (exact) mass is 417 g/mol. The number of carbonyl (C=O) groups is 1. The number of para-hydroxylation sites is 2. The molecule has 1 heterocycles. The molecule has 0 bridgehead atoms. The van der Waals surface area contributed by atoms with Crippen molar-refractivity contribution in [2.24, 2.45) is 5.10 Å². The quantitative estimate of drug-likeness (QED) is 0.532. The number of phenolic OH excluding ortho intramolecular Hbond substituents is 2. The summed E-state index contributed by atoms with van der Waals surface area (Å²) in [6.07, 6.45) is -0.636. The summed E-state index contributed by atoms with van der Waals surface area (Å²) < 4.78 is 5.52. The van der Waals surface area contributed by atoms with E-state index in [2.05, 4.69) is 10.4 Å². The largest absolute Gasteiger partial charge is 0.507 e. The van der Waals surface area contributed by atoms with Crippen LogP contribution in [0.15, 0.2) is 71.8 Å². The summed E-state index contributed by atoms with van der Waals surface area (Å²) in [4.78, 5) is 13.4. The van der Waals surface area contributed by atoms with Gasteiger partial charge >= 0.3 is 0 Å². The Kier molecular flexibility index (Phi) is 5.49. The van der Waals surface area contributed by atoms with Gasteiger partial charge in [0.1, 0.15) is 5.75 Å². The minimum atomic E-state index is -0.636. The van der Waals surface area contributed by atoms with Crippen LogP contribution in [0.1, 0.15) is 41.5 Å². The molecule has 0 radical (unpaired) electrons. The molecule has 0 unspecified atom stereocenters. The molecule has 3 aromatic carbocycles. The van der Waals surface area contributed by atoms with E-state index in [4.69, 9.17) is 4.74 Å². The molecule has 0 spiro atoms. The summed E-state index contributed by atoms with van der Waals surface area (Å²) in [5.41, 5.74) is 2.90. The number of nitrogens with zero attached hydrogens (tertiary/aromatic N) is 2. The molecule has 3 aromatic rings. The minimum absolute atomic E-state index is 0.0218. The van der Waals surface area contributed by atoms with E-state index < -0.39 is 6.17 Å². The van der Waals surface area contributed by atoms with Crippen LogP contribution in [0.4, 0.5) is 5.69 Å². The number of hydrogen-bond donors (Lipinski definition) is 3. The fraction of sp³-hybridized carbons (Fsp3) is 0.167. The van der Waals surface area contributed by atoms with Crippen molar-refractivity contribution in [3.8, 4) is 17.2 Å². The Morgan fingerprint density at radius 3 is 2.58 bits per heavy atom. The Bertz CT molecular complexity index is 1160. The van der Waals surface area contributed by atoms with E-state index >= 15 is 0 Å². The molecule has 0 aliphatic carbocycles. The number of ether oxygens (including phenoxy) is 1. The number of aromatic hydroxyl groups is 2. The van der Waals surface area contributed by atoms with Crippen LogP contribution in [-0.4, -0.2) is 33.4 Å². The third-order valence-corrected chi connectivity index (χ3v) is 5.05. The number of phenols is 2. The van der Waals surface area contributed by atoms with Crippen molar-refractivity contribution in [3.63, 3.8) is 0 Å². The zero-order chi connectivity index (χ0) is 22.0. The van der Waals surface area contributed by atoms with Crippen molar-refractivity contribution >= 4 is 17.3 Å². The van der Waals surface area contributed by atoms with Gasteiger partial charge in [-0.25, -0.2) is 5.01 Å². The normalized spacial score (nSPS) is 15.9. The van der Waals surface area contributed by atoms with E-state index in [0.717, 1.165) is 0 Å². The van der Waals surface area contributed by atoms with Gasteiger partial charge in [0.2, 0.25) is 0 Å². The average Bonchev–Trinajstić information content (AvgIpc) is 2.77. The highest BCUT2D eigenvalue weighted by Crippen LogP contribution is 2.37. The Morgan fingerprint density at radius 2 is 1.81 bits per heavy atom. The highest BCUT2D eigenvalue weighted by atomic mass is 16.5. The molecule has 7 heteroatoms. The van der Waals surface area contributed by atoms with Crippen LogP contribution in [0.2, 0.25) is 0 Å². The van der Waals surface area contributed by atoms with Gasteiger partial charge in [0.15, 0.2) is 17.7 Å². The van der Waals surface area contributed by atoms with Crippen molar-refractivity contribution in [1.82, 2.24) is 5.01 Å². The molecule has 1 aliphatic rings. The molecule has 1 amide bonds. The maximum atomic E-state index is 13.4. The molecule has 158 valence electrons. The first-order valence-electron chi connectivity index (χ1n) is 9.98. The summed E-state index contributed by atoms with van der Waals surface area (Å²) in [5.74, 6) is 0.157. The molecule has 7 nitrogen and oxygen atoms in total. The number of rotatable bonds is 5. The van der Waals surface area contributed by atoms with Crippen LogP contribution in [0, 0.1) is 0 Å². The van der Waals surface area contributed by atoms with Gasteiger partial charge in [-0.15, -0.1) is 0 Å². The molecule has 0 aromatic heterocycles. The lowest BCUT2D eigenvalue weighted by atomic mass is 10.0. The predicted octanol–water partition coefficient (Wildman–Crippen LogP) is 4.49. The summed E-state index contributed by atoms with van der Waals surface area (Å²) in [6, 6.07) is 19.0. The Morgan fingerprint density at radius 1 is 1.06 bits per heavy atom. The second-order valence-corrected chi connectivity index (χ2v) is 7.10. The minimum Gasteiger partial charge on any atom is -0.507 e. The molecule has 0 fully saturated rings. The second-order valence-electron chi connectivity index (χ2n) is 7.10. The van der Waals surface area contributed by atoms with Crippen molar-refractivity contribution in [1.29, 1.82) is 0 Å². The molecule has 31 heavy (non-hydrogen) atoms. The Hall–Kier alpha value is -4.00. The van der Waals surface area contributed by atoms with E-state index in [9.17, 15) is 15.0 Å². The predicted molar refractivity (Wildman–Crippen MR) is 119 cm³/mol. The summed E-state index contributed by atoms with van der Waals surface area (Å²) in [6.45, 7) is 3.96. The maximum Gasteiger partial charge on any atom is 0.278 e. The van der Waals surface area contributed by atoms with E-state index in [0.29, 0.717) is 40.4 Å². The van der Waals surface area contributed by atoms with Gasteiger partial charge < -0.3 is 20.3 Å². The molecular weight excluding hydrogens is 394 g/mol. The first-order valence-corrected chi connectivity index (χ1v) is 9.98. The van der Waals surface area contributed by atoms with Crippen molar-refractivity contribution in [3.05, 3.63) is 83.4 Å². The van der Waals surface area contributed by atoms with Gasteiger partial charge in [-0.05, 0) is 50.2 Å². The Labute approximate surface area is 180 Å². The number of amides is 1. The summed E-state index contributed by atoms with van der Waals surface area (Å²) in [7, 11) is 0. The number of anilines is 1. The molecular formula is C24H23N3O4. The SMILES string of the molecule is CCOc1cc([C@@H]2Nc3ccccc3C(=O)N2/N=C(/C)c2ccccc2O)ccc1O. The number of fused-ring (bicyclic) bond motifs is 1. The van der Waals surface area contributed by atoms with Gasteiger partial charge in [0.05, 0.1) is 17.9 Å². The van der Waals surface area contributed by atoms with Gasteiger partial charge in [-0.2, -0.15) is 5.10 Å². The highest BCUT2D eigenvalue weighted by molar-refractivity contribution is 6.05. The van der Waals surface area contributed by atoms with Crippen LogP contribution in [0.5, 0.6) is 17.2 Å². The lowest BCUT2D eigenvalue weighted by molar-refractivity contribution is 0.0689. The lowest BCUT2D eigenvalue weighted by Gasteiger charge is -2.35. The summed E-state index contributed by atoms with van der Waals surface area (Å²) in [5, 5.41) is 29.6. The average molecular weight is 417 g/mol. The number of benzene rings is 3. The second kappa shape index (κ2) is 8.39. The van der Waals surface area contributed by atoms with Crippen molar-refractivity contribution in [2.45, 2.75) is 20.0 Å². The molecule has 4 rings (SSSR count). The number of nitrogens with one attached hydrogen (secondary N) is 1. The van der Waals surface area contributed by atoms with Crippen LogP contribution in [0.25, 0.3) is 0 Å². The van der Waals surface area contributed by atoms with Gasteiger partial charge in [-0.3, -0.25) is 4.79 Å².